The lowest BCUT2D eigenvalue weighted by Gasteiger charge is -2.35. The van der Waals surface area contributed by atoms with E-state index in [0.29, 0.717) is 0 Å². The summed E-state index contributed by atoms with van der Waals surface area (Å²) >= 11 is 0. The first kappa shape index (κ1) is 33.7. The fourth-order valence-electron chi connectivity index (χ4n) is 2.62. The van der Waals surface area contributed by atoms with Crippen LogP contribution in [0.3, 0.4) is 0 Å². The van der Waals surface area contributed by atoms with Crippen LogP contribution >= 0.6 is 0 Å². The monoisotopic (exact) mass is 611 g/mol. The van der Waals surface area contributed by atoms with Crippen molar-refractivity contribution in [2.24, 2.45) is 0 Å². The molecule has 22 heteroatoms. The van der Waals surface area contributed by atoms with Crippen LogP contribution in [-0.2, 0) is 29.5 Å². The van der Waals surface area contributed by atoms with Gasteiger partial charge in [0.25, 0.3) is 0 Å². The molecular weight excluding hydrogens is 607 g/mol. The van der Waals surface area contributed by atoms with Crippen LogP contribution in [0, 0.1) is 0 Å². The average molecular weight is 611 g/mol. The van der Waals surface area contributed by atoms with E-state index in [-0.39, 0.29) is 0 Å². The third kappa shape index (κ3) is 4.69. The summed E-state index contributed by atoms with van der Waals surface area (Å²) in [5.41, 5.74) is -14.9. The Bertz CT molecular complexity index is 966. The van der Waals surface area contributed by atoms with E-state index in [1.54, 1.807) is 0 Å². The summed E-state index contributed by atoms with van der Waals surface area (Å²) in [7, 11) is 0. The molecule has 38 heavy (non-hydrogen) atoms. The van der Waals surface area contributed by atoms with Gasteiger partial charge in [-0.1, -0.05) is 0 Å². The summed E-state index contributed by atoms with van der Waals surface area (Å²) < 4.78 is 277. The van der Waals surface area contributed by atoms with E-state index in [2.05, 4.69) is 0 Å². The molecule has 1 aromatic carbocycles. The van der Waals surface area contributed by atoms with Gasteiger partial charge in [0.05, 0.1) is 0 Å². The molecule has 0 atom stereocenters. The molecule has 0 fully saturated rings. The summed E-state index contributed by atoms with van der Waals surface area (Å²) in [6, 6.07) is -3.75. The second-order valence-electron chi connectivity index (χ2n) is 7.13. The maximum Gasteiger partial charge on any atom is 0.460 e. The third-order valence-electron chi connectivity index (χ3n) is 4.68. The second kappa shape index (κ2) is 8.86. The minimum atomic E-state index is -7.69. The van der Waals surface area contributed by atoms with Gasteiger partial charge in [-0.25, -0.2) is 5.11 Å². The van der Waals surface area contributed by atoms with E-state index in [0.717, 1.165) is 0 Å². The van der Waals surface area contributed by atoms with Crippen molar-refractivity contribution >= 4 is 0 Å². The second-order valence-corrected chi connectivity index (χ2v) is 7.13. The van der Waals surface area contributed by atoms with Gasteiger partial charge < -0.3 is 0 Å². The lowest BCUT2D eigenvalue weighted by Crippen LogP contribution is -2.53. The van der Waals surface area contributed by atoms with Crippen molar-refractivity contribution in [1.82, 2.24) is 0 Å². The Balaban J connectivity index is 4.45. The molecular formula is C16H4F21O. The van der Waals surface area contributed by atoms with Crippen molar-refractivity contribution in [2.45, 2.75) is 60.7 Å². The quantitative estimate of drug-likeness (QED) is 0.276. The van der Waals surface area contributed by atoms with Gasteiger partial charge in [-0.3, -0.25) is 0 Å². The van der Waals surface area contributed by atoms with Crippen LogP contribution in [0.5, 0.6) is 0 Å². The zero-order chi connectivity index (χ0) is 30.9. The fourth-order valence-corrected chi connectivity index (χ4v) is 2.62. The van der Waals surface area contributed by atoms with Crippen LogP contribution < -0.4 is 0 Å². The van der Waals surface area contributed by atoms with Gasteiger partial charge >= 0.3 is 54.1 Å². The Morgan fingerprint density at radius 2 is 0.658 bits per heavy atom. The topological polar surface area (TPSA) is 19.9 Å². The Kier molecular flexibility index (Phi) is 7.87. The van der Waals surface area contributed by atoms with Gasteiger partial charge in [-0.05, 0) is 17.7 Å². The van der Waals surface area contributed by atoms with Crippen molar-refractivity contribution in [3.63, 3.8) is 0 Å². The van der Waals surface area contributed by atoms with E-state index in [9.17, 15) is 97.3 Å². The Morgan fingerprint density at radius 3 is 0.868 bits per heavy atom. The van der Waals surface area contributed by atoms with Crippen molar-refractivity contribution in [2.75, 3.05) is 0 Å². The molecule has 0 N–H and O–H groups in total. The van der Waals surface area contributed by atoms with Crippen LogP contribution in [0.1, 0.15) is 22.3 Å². The number of hydrogen-bond acceptors (Lipinski definition) is 0. The van der Waals surface area contributed by atoms with Gasteiger partial charge in [0.2, 0.25) is 0 Å². The summed E-state index contributed by atoms with van der Waals surface area (Å²) in [6.07, 6.45) is -22.6. The van der Waals surface area contributed by atoms with E-state index in [1.165, 1.54) is 0 Å². The molecule has 0 amide bonds. The minimum absolute atomic E-state index is 1.88. The normalized spacial score (nSPS) is 15.7. The lowest BCUT2D eigenvalue weighted by molar-refractivity contribution is -0.363. The van der Waals surface area contributed by atoms with Gasteiger partial charge in [0.15, 0.2) is 0 Å². The largest absolute Gasteiger partial charge is 0.460 e. The van der Waals surface area contributed by atoms with E-state index in [4.69, 9.17) is 0 Å². The fraction of sp³-hybridized carbons (Fsp3) is 0.625. The Morgan fingerprint density at radius 1 is 0.421 bits per heavy atom. The Labute approximate surface area is 193 Å². The maximum atomic E-state index is 14.2. The number of rotatable bonds is 7. The van der Waals surface area contributed by atoms with Gasteiger partial charge in [0.1, 0.15) is 6.61 Å². The third-order valence-corrected chi connectivity index (χ3v) is 4.68. The zero-order valence-corrected chi connectivity index (χ0v) is 16.7. The first-order chi connectivity index (χ1) is 16.3. The zero-order valence-electron chi connectivity index (χ0n) is 16.7. The minimum Gasteiger partial charge on any atom is -0.232 e. The molecule has 0 bridgehead atoms. The summed E-state index contributed by atoms with van der Waals surface area (Å²) in [6.45, 7) is -3.21. The lowest BCUT2D eigenvalue weighted by atomic mass is 9.84. The Hall–Kier alpha value is -2.29. The molecule has 0 aliphatic heterocycles. The highest BCUT2D eigenvalue weighted by Crippen LogP contribution is 2.59. The summed E-state index contributed by atoms with van der Waals surface area (Å²) in [5.74, 6) is -45.1. The van der Waals surface area contributed by atoms with Crippen LogP contribution in [0.4, 0.5) is 92.2 Å². The van der Waals surface area contributed by atoms with Crippen molar-refractivity contribution < 1.29 is 97.3 Å². The van der Waals surface area contributed by atoms with Gasteiger partial charge in [-0.15, -0.1) is 0 Å². The standard InChI is InChI=1S/C16H4F21O/c17-8(18,11(23,24)14(29,30)31)4-1-6(9(19,20)12(25,26)15(32,33)34)5(3-38)7(2-4)10(21,22)13(27,28)16(35,36)37/h1-2H,3H2. The van der Waals surface area contributed by atoms with E-state index >= 15 is 0 Å². The molecule has 1 nitrogen and oxygen atoms in total. The van der Waals surface area contributed by atoms with Crippen LogP contribution in [0.25, 0.3) is 0 Å². The van der Waals surface area contributed by atoms with Gasteiger partial charge in [-0.2, -0.15) is 92.2 Å². The number of halogens is 21. The SMILES string of the molecule is [O]Cc1c(C(F)(F)C(F)(F)C(F)(F)F)cc(C(F)(F)C(F)(F)C(F)(F)F)cc1C(F)(F)C(F)(F)C(F)(F)F. The highest BCUT2D eigenvalue weighted by atomic mass is 19.4. The summed E-state index contributed by atoms with van der Waals surface area (Å²) in [5, 5.41) is 11.1. The van der Waals surface area contributed by atoms with Gasteiger partial charge in [0, 0.05) is 16.7 Å². The van der Waals surface area contributed by atoms with Crippen molar-refractivity contribution in [1.29, 1.82) is 0 Å². The molecule has 0 aromatic heterocycles. The summed E-state index contributed by atoms with van der Waals surface area (Å²) in [4.78, 5) is 0. The number of benzene rings is 1. The molecule has 1 rings (SSSR count). The van der Waals surface area contributed by atoms with Crippen LogP contribution in [0.2, 0.25) is 0 Å². The van der Waals surface area contributed by atoms with Crippen LogP contribution in [0.15, 0.2) is 12.1 Å². The molecule has 221 valence electrons. The molecule has 0 saturated carbocycles. The van der Waals surface area contributed by atoms with Crippen LogP contribution in [-0.4, -0.2) is 36.3 Å². The number of hydrogen-bond donors (Lipinski definition) is 0. The highest BCUT2D eigenvalue weighted by Gasteiger charge is 2.78. The van der Waals surface area contributed by atoms with E-state index < -0.39 is 95.1 Å². The molecule has 0 unspecified atom stereocenters. The van der Waals surface area contributed by atoms with Crippen molar-refractivity contribution in [3.05, 3.63) is 34.4 Å². The average Bonchev–Trinajstić information content (AvgIpc) is 2.69. The molecule has 1 radical (unpaired) electrons. The predicted molar refractivity (Wildman–Crippen MR) is 75.5 cm³/mol. The molecule has 0 aliphatic carbocycles. The number of alkyl halides is 21. The molecule has 0 heterocycles. The van der Waals surface area contributed by atoms with Crippen molar-refractivity contribution in [3.8, 4) is 0 Å². The molecule has 1 aromatic rings. The molecule has 0 saturated heterocycles. The predicted octanol–water partition coefficient (Wildman–Crippen LogP) is 8.49. The smallest absolute Gasteiger partial charge is 0.232 e. The molecule has 0 aliphatic rings. The first-order valence-corrected chi connectivity index (χ1v) is 8.52. The van der Waals surface area contributed by atoms with E-state index in [1.807, 2.05) is 0 Å². The highest BCUT2D eigenvalue weighted by molar-refractivity contribution is 5.47. The first-order valence-electron chi connectivity index (χ1n) is 8.52. The molecule has 0 spiro atoms. The maximum absolute atomic E-state index is 14.2.